The van der Waals surface area contributed by atoms with Crippen molar-refractivity contribution in [2.75, 3.05) is 36.9 Å². The maximum atomic E-state index is 13.2. The predicted octanol–water partition coefficient (Wildman–Crippen LogP) is 3.08. The molecule has 1 unspecified atom stereocenters. The number of rotatable bonds is 6. The highest BCUT2D eigenvalue weighted by Crippen LogP contribution is 2.48. The molecule has 0 spiro atoms. The summed E-state index contributed by atoms with van der Waals surface area (Å²) in [7, 11) is 0. The van der Waals surface area contributed by atoms with Gasteiger partial charge in [0, 0.05) is 24.2 Å². The van der Waals surface area contributed by atoms with Crippen LogP contribution in [-0.4, -0.2) is 74.8 Å². The molecule has 0 bridgehead atoms. The number of carbonyl (C=O) groups is 1. The zero-order chi connectivity index (χ0) is 27.9. The number of fused-ring (bicyclic) bond motifs is 1. The summed E-state index contributed by atoms with van der Waals surface area (Å²) in [5.41, 5.74) is 2.60. The molecule has 1 aromatic heterocycles. The van der Waals surface area contributed by atoms with E-state index < -0.39 is 16.6 Å². The van der Waals surface area contributed by atoms with E-state index in [1.807, 2.05) is 61.5 Å². The number of ether oxygens (including phenoxy) is 1. The van der Waals surface area contributed by atoms with Crippen LogP contribution in [-0.2, 0) is 9.53 Å². The van der Waals surface area contributed by atoms with Gasteiger partial charge >= 0.3 is 6.01 Å². The largest absolute Gasteiger partial charge is 0.402 e. The van der Waals surface area contributed by atoms with Gasteiger partial charge in [0.1, 0.15) is 15.6 Å². The van der Waals surface area contributed by atoms with E-state index in [2.05, 4.69) is 31.0 Å². The number of amides is 1. The number of morpholine rings is 1. The molecule has 0 saturated carbocycles. The number of nitrogens with zero attached hydrogens (tertiary/aromatic N) is 4. The van der Waals surface area contributed by atoms with Crippen molar-refractivity contribution in [1.29, 1.82) is 0 Å². The number of para-hydroxylation sites is 1. The molecular formula is C28H31N7O4S. The molecule has 208 valence electrons. The van der Waals surface area contributed by atoms with Crippen LogP contribution in [0.5, 0.6) is 0 Å². The van der Waals surface area contributed by atoms with Crippen LogP contribution < -0.4 is 16.0 Å². The number of aromatic nitrogens is 2. The third kappa shape index (κ3) is 4.93. The lowest BCUT2D eigenvalue weighted by atomic mass is 10.00. The van der Waals surface area contributed by atoms with Crippen LogP contribution >= 0.6 is 11.8 Å². The van der Waals surface area contributed by atoms with E-state index in [1.54, 1.807) is 13.8 Å². The summed E-state index contributed by atoms with van der Waals surface area (Å²) < 4.78 is 11.6. The minimum atomic E-state index is -1.06. The molecule has 0 aliphatic carbocycles. The monoisotopic (exact) mass is 561 g/mol. The maximum Gasteiger partial charge on any atom is 0.317 e. The van der Waals surface area contributed by atoms with Crippen LogP contribution in [0.25, 0.3) is 5.70 Å². The molecule has 12 heteroatoms. The number of carbonyl (C=O) groups excluding carboxylic acids is 1. The summed E-state index contributed by atoms with van der Waals surface area (Å²) in [5, 5.41) is 29.7. The Labute approximate surface area is 236 Å². The Kier molecular flexibility index (Phi) is 6.77. The highest BCUT2D eigenvalue weighted by Gasteiger charge is 2.49. The number of aliphatic hydroxyl groups is 1. The lowest BCUT2D eigenvalue weighted by molar-refractivity contribution is -0.116. The van der Waals surface area contributed by atoms with Gasteiger partial charge in [-0.05, 0) is 26.8 Å². The Morgan fingerprint density at radius 1 is 1.10 bits per heavy atom. The Bertz CT molecular complexity index is 1480. The molecule has 2 atom stereocenters. The molecule has 11 nitrogen and oxygen atoms in total. The van der Waals surface area contributed by atoms with Crippen molar-refractivity contribution >= 4 is 40.8 Å². The van der Waals surface area contributed by atoms with E-state index in [0.717, 1.165) is 16.2 Å². The van der Waals surface area contributed by atoms with Gasteiger partial charge in [-0.2, -0.15) is 0 Å². The van der Waals surface area contributed by atoms with Crippen molar-refractivity contribution in [2.45, 2.75) is 37.4 Å². The standard InChI is InChI=1S/C28H31N7O4S/c1-27(2,37)28(3)32-21(25(40-28)35-13-15-38-16-14-35)24-33-34-26(39-24)31-22-23(36)29-19-12-8-7-11-18(19)20(30-22)17-9-5-4-6-10-17/h4-12,22,32,37H,13-16H2,1-3H3,(H,29,36)(H,31,34)/t22-,28?/m1/s1. The van der Waals surface area contributed by atoms with E-state index >= 15 is 0 Å². The molecule has 3 aromatic rings. The van der Waals surface area contributed by atoms with Crippen molar-refractivity contribution in [3.8, 4) is 0 Å². The summed E-state index contributed by atoms with van der Waals surface area (Å²) in [6, 6.07) is 17.3. The minimum absolute atomic E-state index is 0.0507. The van der Waals surface area contributed by atoms with Crippen molar-refractivity contribution in [3.05, 3.63) is 76.6 Å². The van der Waals surface area contributed by atoms with Crippen LogP contribution in [0.2, 0.25) is 0 Å². The lowest BCUT2D eigenvalue weighted by Crippen LogP contribution is -2.52. The molecule has 1 saturated heterocycles. The van der Waals surface area contributed by atoms with Gasteiger partial charge in [0.25, 0.3) is 11.8 Å². The molecule has 6 rings (SSSR count). The molecular weight excluding hydrogens is 530 g/mol. The quantitative estimate of drug-likeness (QED) is 0.355. The van der Waals surface area contributed by atoms with Gasteiger partial charge in [-0.3, -0.25) is 4.79 Å². The number of benzodiazepines with no additional fused rings is 1. The second-order valence-corrected chi connectivity index (χ2v) is 11.8. The van der Waals surface area contributed by atoms with Crippen LogP contribution in [0.1, 0.15) is 37.8 Å². The average molecular weight is 562 g/mol. The predicted molar refractivity (Wildman–Crippen MR) is 154 cm³/mol. The average Bonchev–Trinajstić information content (AvgIpc) is 3.53. The second-order valence-electron chi connectivity index (χ2n) is 10.4. The fourth-order valence-corrected chi connectivity index (χ4v) is 6.00. The molecule has 40 heavy (non-hydrogen) atoms. The number of hydrogen-bond donors (Lipinski definition) is 4. The normalized spacial score (nSPS) is 23.2. The third-order valence-corrected chi connectivity index (χ3v) is 8.90. The van der Waals surface area contributed by atoms with Crippen molar-refractivity contribution in [3.63, 3.8) is 0 Å². The molecule has 4 N–H and O–H groups in total. The van der Waals surface area contributed by atoms with E-state index in [-0.39, 0.29) is 17.8 Å². The number of anilines is 2. The first kappa shape index (κ1) is 26.4. The van der Waals surface area contributed by atoms with Gasteiger partial charge < -0.3 is 35.1 Å². The second kappa shape index (κ2) is 10.3. The Morgan fingerprint density at radius 2 is 1.82 bits per heavy atom. The molecule has 0 radical (unpaired) electrons. The molecule has 3 aliphatic heterocycles. The number of nitrogens with one attached hydrogen (secondary N) is 3. The topological polar surface area (TPSA) is 137 Å². The van der Waals surface area contributed by atoms with E-state index in [4.69, 9.17) is 14.1 Å². The fraction of sp³-hybridized carbons (Fsp3) is 0.357. The summed E-state index contributed by atoms with van der Waals surface area (Å²) >= 11 is 1.52. The summed E-state index contributed by atoms with van der Waals surface area (Å²) in [5.74, 6) is -0.107. The first-order valence-corrected chi connectivity index (χ1v) is 13.9. The van der Waals surface area contributed by atoms with Crippen molar-refractivity contribution in [1.82, 2.24) is 20.4 Å². The van der Waals surface area contributed by atoms with Crippen molar-refractivity contribution < 1.29 is 19.1 Å². The van der Waals surface area contributed by atoms with E-state index in [0.29, 0.717) is 43.4 Å². The Balaban J connectivity index is 1.32. The number of benzene rings is 2. The van der Waals surface area contributed by atoms with Crippen LogP contribution in [0.15, 0.2) is 69.0 Å². The highest BCUT2D eigenvalue weighted by molar-refractivity contribution is 8.04. The third-order valence-electron chi connectivity index (χ3n) is 7.24. The first-order valence-electron chi connectivity index (χ1n) is 13.1. The highest BCUT2D eigenvalue weighted by atomic mass is 32.2. The molecule has 3 aliphatic rings. The van der Waals surface area contributed by atoms with E-state index in [9.17, 15) is 9.90 Å². The van der Waals surface area contributed by atoms with Gasteiger partial charge in [0.15, 0.2) is 0 Å². The number of aliphatic imine (C=N–C) groups is 1. The fourth-order valence-electron chi connectivity index (χ4n) is 4.65. The Morgan fingerprint density at radius 3 is 2.58 bits per heavy atom. The van der Waals surface area contributed by atoms with Gasteiger partial charge in [-0.1, -0.05) is 65.4 Å². The van der Waals surface area contributed by atoms with E-state index in [1.165, 1.54) is 11.8 Å². The smallest absolute Gasteiger partial charge is 0.317 e. The molecule has 2 aromatic carbocycles. The maximum absolute atomic E-state index is 13.2. The lowest BCUT2D eigenvalue weighted by Gasteiger charge is -2.38. The van der Waals surface area contributed by atoms with Crippen LogP contribution in [0.4, 0.5) is 11.7 Å². The zero-order valence-electron chi connectivity index (χ0n) is 22.5. The number of thioether (sulfide) groups is 1. The molecule has 1 amide bonds. The van der Waals surface area contributed by atoms with Gasteiger partial charge in [0.05, 0.1) is 30.2 Å². The van der Waals surface area contributed by atoms with Crippen molar-refractivity contribution in [2.24, 2.45) is 4.99 Å². The first-order chi connectivity index (χ1) is 19.2. The van der Waals surface area contributed by atoms with Gasteiger partial charge in [-0.15, -0.1) is 5.10 Å². The van der Waals surface area contributed by atoms with Crippen LogP contribution in [0.3, 0.4) is 0 Å². The Hall–Kier alpha value is -3.87. The summed E-state index contributed by atoms with van der Waals surface area (Å²) in [6.45, 7) is 8.08. The summed E-state index contributed by atoms with van der Waals surface area (Å²) in [4.78, 5) is 19.5. The van der Waals surface area contributed by atoms with Crippen LogP contribution in [0, 0.1) is 0 Å². The van der Waals surface area contributed by atoms with Gasteiger partial charge in [0.2, 0.25) is 6.17 Å². The minimum Gasteiger partial charge on any atom is -0.402 e. The zero-order valence-corrected chi connectivity index (χ0v) is 23.3. The molecule has 4 heterocycles. The summed E-state index contributed by atoms with van der Waals surface area (Å²) in [6.07, 6.45) is -1.02. The number of hydrogen-bond acceptors (Lipinski definition) is 11. The van der Waals surface area contributed by atoms with Gasteiger partial charge in [-0.25, -0.2) is 4.99 Å². The SMILES string of the molecule is CC(C)(O)C1(C)NC(c2nnc(N[C@H]3N=C(c4ccccc4)c4ccccc4NC3=O)o2)=C(N2CCOCC2)S1. The molecule has 1 fully saturated rings.